The van der Waals surface area contributed by atoms with Crippen molar-refractivity contribution in [2.24, 2.45) is 0 Å². The lowest BCUT2D eigenvalue weighted by atomic mass is 10.3. The standard InChI is InChI=1S/C18H18ClNO5/c1-12(25-16-8-3-5-13(19)9-16)18(22)24-11-17(21)20-14-6-4-7-15(10-14)23-2/h3-10,12H,11H2,1-2H3,(H,20,21). The van der Waals surface area contributed by atoms with Gasteiger partial charge < -0.3 is 19.5 Å². The summed E-state index contributed by atoms with van der Waals surface area (Å²) in [5.74, 6) is -0.0616. The van der Waals surface area contributed by atoms with Crippen LogP contribution in [-0.2, 0) is 14.3 Å². The maximum atomic E-state index is 11.9. The van der Waals surface area contributed by atoms with Crippen molar-refractivity contribution in [3.05, 3.63) is 53.6 Å². The van der Waals surface area contributed by atoms with E-state index >= 15 is 0 Å². The van der Waals surface area contributed by atoms with Crippen LogP contribution >= 0.6 is 11.6 Å². The molecule has 0 saturated heterocycles. The lowest BCUT2D eigenvalue weighted by molar-refractivity contribution is -0.153. The Labute approximate surface area is 150 Å². The van der Waals surface area contributed by atoms with E-state index in [1.54, 1.807) is 48.5 Å². The first kappa shape index (κ1) is 18.6. The van der Waals surface area contributed by atoms with E-state index in [-0.39, 0.29) is 0 Å². The number of amides is 1. The van der Waals surface area contributed by atoms with Crippen molar-refractivity contribution in [3.63, 3.8) is 0 Å². The lowest BCUT2D eigenvalue weighted by Crippen LogP contribution is -2.29. The molecule has 2 rings (SSSR count). The first-order valence-electron chi connectivity index (χ1n) is 7.50. The van der Waals surface area contributed by atoms with Gasteiger partial charge in [-0.3, -0.25) is 4.79 Å². The number of hydrogen-bond donors (Lipinski definition) is 1. The summed E-state index contributed by atoms with van der Waals surface area (Å²) in [6.45, 7) is 1.11. The summed E-state index contributed by atoms with van der Waals surface area (Å²) < 4.78 is 15.5. The third kappa shape index (κ3) is 6.00. The van der Waals surface area contributed by atoms with Gasteiger partial charge in [-0.25, -0.2) is 4.79 Å². The van der Waals surface area contributed by atoms with Gasteiger partial charge in [0.1, 0.15) is 11.5 Å². The molecule has 2 aromatic rings. The Bertz CT molecular complexity index is 750. The summed E-state index contributed by atoms with van der Waals surface area (Å²) in [5, 5.41) is 3.11. The summed E-state index contributed by atoms with van der Waals surface area (Å²) in [6.07, 6.45) is -0.872. The number of carbonyl (C=O) groups excluding carboxylic acids is 2. The van der Waals surface area contributed by atoms with Crippen LogP contribution in [0, 0.1) is 0 Å². The van der Waals surface area contributed by atoms with Crippen molar-refractivity contribution >= 4 is 29.2 Å². The Morgan fingerprint density at radius 2 is 1.84 bits per heavy atom. The number of methoxy groups -OCH3 is 1. The Balaban J connectivity index is 1.81. The fourth-order valence-electron chi connectivity index (χ4n) is 1.94. The van der Waals surface area contributed by atoms with Crippen molar-refractivity contribution in [2.75, 3.05) is 19.0 Å². The van der Waals surface area contributed by atoms with Gasteiger partial charge in [-0.15, -0.1) is 0 Å². The second-order valence-electron chi connectivity index (χ2n) is 5.11. The highest BCUT2D eigenvalue weighted by Gasteiger charge is 2.18. The van der Waals surface area contributed by atoms with Crippen LogP contribution in [0.5, 0.6) is 11.5 Å². The number of rotatable bonds is 7. The van der Waals surface area contributed by atoms with Crippen LogP contribution in [0.15, 0.2) is 48.5 Å². The third-order valence-corrected chi connectivity index (χ3v) is 3.37. The van der Waals surface area contributed by atoms with Crippen molar-refractivity contribution in [3.8, 4) is 11.5 Å². The smallest absolute Gasteiger partial charge is 0.347 e. The van der Waals surface area contributed by atoms with Crippen LogP contribution in [0.25, 0.3) is 0 Å². The van der Waals surface area contributed by atoms with E-state index in [2.05, 4.69) is 5.32 Å². The third-order valence-electron chi connectivity index (χ3n) is 3.14. The van der Waals surface area contributed by atoms with Crippen LogP contribution in [0.4, 0.5) is 5.69 Å². The molecule has 132 valence electrons. The molecular formula is C18H18ClNO5. The van der Waals surface area contributed by atoms with Gasteiger partial charge in [-0.05, 0) is 37.3 Å². The largest absolute Gasteiger partial charge is 0.497 e. The monoisotopic (exact) mass is 363 g/mol. The molecular weight excluding hydrogens is 346 g/mol. The molecule has 0 aliphatic rings. The van der Waals surface area contributed by atoms with E-state index in [1.807, 2.05) is 0 Å². The van der Waals surface area contributed by atoms with E-state index in [0.717, 1.165) is 0 Å². The van der Waals surface area contributed by atoms with Crippen molar-refractivity contribution in [2.45, 2.75) is 13.0 Å². The lowest BCUT2D eigenvalue weighted by Gasteiger charge is -2.14. The number of anilines is 1. The quantitative estimate of drug-likeness (QED) is 0.764. The number of nitrogens with one attached hydrogen (secondary N) is 1. The van der Waals surface area contributed by atoms with Crippen LogP contribution in [0.2, 0.25) is 5.02 Å². The molecule has 2 aromatic carbocycles. The first-order chi connectivity index (χ1) is 12.0. The molecule has 0 aliphatic heterocycles. The maximum absolute atomic E-state index is 11.9. The number of carbonyl (C=O) groups is 2. The summed E-state index contributed by atoms with van der Waals surface area (Å²) in [7, 11) is 1.53. The van der Waals surface area contributed by atoms with Gasteiger partial charge >= 0.3 is 5.97 Å². The topological polar surface area (TPSA) is 73.9 Å². The van der Waals surface area contributed by atoms with Gasteiger partial charge in [0.25, 0.3) is 5.91 Å². The zero-order valence-electron chi connectivity index (χ0n) is 13.8. The van der Waals surface area contributed by atoms with E-state index in [9.17, 15) is 9.59 Å². The molecule has 25 heavy (non-hydrogen) atoms. The highest BCUT2D eigenvalue weighted by Crippen LogP contribution is 2.19. The van der Waals surface area contributed by atoms with Gasteiger partial charge in [-0.1, -0.05) is 23.7 Å². The summed E-state index contributed by atoms with van der Waals surface area (Å²) >= 11 is 5.85. The van der Waals surface area contributed by atoms with Gasteiger partial charge in [0.15, 0.2) is 12.7 Å². The summed E-state index contributed by atoms with van der Waals surface area (Å²) in [5.41, 5.74) is 0.545. The zero-order chi connectivity index (χ0) is 18.2. The summed E-state index contributed by atoms with van der Waals surface area (Å²) in [6, 6.07) is 13.5. The fourth-order valence-corrected chi connectivity index (χ4v) is 2.12. The first-order valence-corrected chi connectivity index (χ1v) is 7.88. The molecule has 1 amide bonds. The number of ether oxygens (including phenoxy) is 3. The number of benzene rings is 2. The molecule has 0 aliphatic carbocycles. The van der Waals surface area contributed by atoms with E-state index in [0.29, 0.717) is 22.2 Å². The SMILES string of the molecule is COc1cccc(NC(=O)COC(=O)C(C)Oc2cccc(Cl)c2)c1. The molecule has 1 unspecified atom stereocenters. The molecule has 1 N–H and O–H groups in total. The fraction of sp³-hybridized carbons (Fsp3) is 0.222. The van der Waals surface area contributed by atoms with Crippen LogP contribution in [0.1, 0.15) is 6.92 Å². The van der Waals surface area contributed by atoms with E-state index in [1.165, 1.54) is 14.0 Å². The molecule has 0 heterocycles. The molecule has 0 saturated carbocycles. The molecule has 0 fully saturated rings. The van der Waals surface area contributed by atoms with Crippen LogP contribution < -0.4 is 14.8 Å². The molecule has 0 aromatic heterocycles. The maximum Gasteiger partial charge on any atom is 0.347 e. The Hall–Kier alpha value is -2.73. The van der Waals surface area contributed by atoms with Gasteiger partial charge in [0, 0.05) is 16.8 Å². The average Bonchev–Trinajstić information content (AvgIpc) is 2.59. The van der Waals surface area contributed by atoms with Crippen molar-refractivity contribution in [1.82, 2.24) is 0 Å². The van der Waals surface area contributed by atoms with Crippen molar-refractivity contribution < 1.29 is 23.8 Å². The minimum Gasteiger partial charge on any atom is -0.497 e. The number of halogens is 1. The zero-order valence-corrected chi connectivity index (χ0v) is 14.6. The molecule has 7 heteroatoms. The summed E-state index contributed by atoms with van der Waals surface area (Å²) in [4.78, 5) is 23.8. The Morgan fingerprint density at radius 3 is 2.56 bits per heavy atom. The normalized spacial score (nSPS) is 11.3. The molecule has 6 nitrogen and oxygen atoms in total. The Morgan fingerprint density at radius 1 is 1.12 bits per heavy atom. The highest BCUT2D eigenvalue weighted by atomic mass is 35.5. The second-order valence-corrected chi connectivity index (χ2v) is 5.54. The number of esters is 1. The number of hydrogen-bond acceptors (Lipinski definition) is 5. The molecule has 0 bridgehead atoms. The van der Waals surface area contributed by atoms with Gasteiger partial charge in [-0.2, -0.15) is 0 Å². The minimum absolute atomic E-state index is 0.417. The molecule has 1 atom stereocenters. The average molecular weight is 364 g/mol. The van der Waals surface area contributed by atoms with Crippen LogP contribution in [-0.4, -0.2) is 31.7 Å². The van der Waals surface area contributed by atoms with Gasteiger partial charge in [0.05, 0.1) is 7.11 Å². The Kier molecular flexibility index (Phi) is 6.65. The molecule has 0 spiro atoms. The van der Waals surface area contributed by atoms with E-state index in [4.69, 9.17) is 25.8 Å². The van der Waals surface area contributed by atoms with Gasteiger partial charge in [0.2, 0.25) is 0 Å². The minimum atomic E-state index is -0.872. The van der Waals surface area contributed by atoms with Crippen molar-refractivity contribution in [1.29, 1.82) is 0 Å². The molecule has 0 radical (unpaired) electrons. The van der Waals surface area contributed by atoms with Crippen LogP contribution in [0.3, 0.4) is 0 Å². The predicted molar refractivity (Wildman–Crippen MR) is 94.1 cm³/mol. The second kappa shape index (κ2) is 8.94. The van der Waals surface area contributed by atoms with E-state index < -0.39 is 24.6 Å². The predicted octanol–water partition coefficient (Wildman–Crippen LogP) is 3.30. The highest BCUT2D eigenvalue weighted by molar-refractivity contribution is 6.30.